The van der Waals surface area contributed by atoms with Crippen molar-refractivity contribution in [1.82, 2.24) is 14.7 Å². The van der Waals surface area contributed by atoms with Gasteiger partial charge in [0.15, 0.2) is 0 Å². The molecule has 9 nitrogen and oxygen atoms in total. The Bertz CT molecular complexity index is 1230. The van der Waals surface area contributed by atoms with Crippen LogP contribution in [0.2, 0.25) is 0 Å². The maximum atomic E-state index is 13.3. The van der Waals surface area contributed by atoms with Crippen molar-refractivity contribution in [2.75, 3.05) is 18.4 Å². The maximum Gasteiger partial charge on any atom is 0.255 e. The number of aromatic nitrogens is 1. The number of nitrogens with zero attached hydrogens (tertiary/aromatic N) is 3. The predicted octanol–water partition coefficient (Wildman–Crippen LogP) is 2.42. The molecule has 3 aromatic rings. The Morgan fingerprint density at radius 1 is 1.03 bits per heavy atom. The van der Waals surface area contributed by atoms with Crippen LogP contribution < -0.4 is 10.7 Å². The average molecular weight is 480 g/mol. The third kappa shape index (κ3) is 7.32. The van der Waals surface area contributed by atoms with Crippen molar-refractivity contribution in [3.63, 3.8) is 0 Å². The van der Waals surface area contributed by atoms with Crippen molar-refractivity contribution < 1.29 is 18.0 Å². The van der Waals surface area contributed by atoms with E-state index in [0.717, 1.165) is 9.87 Å². The molecular weight excluding hydrogens is 454 g/mol. The van der Waals surface area contributed by atoms with Gasteiger partial charge in [0.25, 0.3) is 5.91 Å². The van der Waals surface area contributed by atoms with Gasteiger partial charge in [-0.05, 0) is 42.3 Å². The summed E-state index contributed by atoms with van der Waals surface area (Å²) in [5, 5.41) is 6.48. The molecule has 2 amide bonds. The van der Waals surface area contributed by atoms with Gasteiger partial charge in [0.05, 0.1) is 17.7 Å². The first-order valence-electron chi connectivity index (χ1n) is 10.5. The van der Waals surface area contributed by atoms with Crippen LogP contribution in [0.15, 0.2) is 89.1 Å². The van der Waals surface area contributed by atoms with E-state index in [2.05, 4.69) is 20.8 Å². The Kier molecular flexibility index (Phi) is 8.60. The van der Waals surface area contributed by atoms with E-state index in [1.54, 1.807) is 24.5 Å². The van der Waals surface area contributed by atoms with E-state index in [9.17, 15) is 18.0 Å². The first-order chi connectivity index (χ1) is 16.3. The number of nitrogens with one attached hydrogen (secondary N) is 2. The van der Waals surface area contributed by atoms with E-state index >= 15 is 0 Å². The zero-order valence-electron chi connectivity index (χ0n) is 18.6. The van der Waals surface area contributed by atoms with Crippen LogP contribution in [0.3, 0.4) is 0 Å². The molecule has 0 fully saturated rings. The summed E-state index contributed by atoms with van der Waals surface area (Å²) in [6.07, 6.45) is 5.05. The van der Waals surface area contributed by atoms with Crippen molar-refractivity contribution in [2.24, 2.45) is 5.10 Å². The van der Waals surface area contributed by atoms with E-state index in [-0.39, 0.29) is 17.3 Å². The number of carbonyl (C=O) groups is 2. The van der Waals surface area contributed by atoms with Crippen LogP contribution in [0.5, 0.6) is 0 Å². The molecule has 0 aliphatic carbocycles. The van der Waals surface area contributed by atoms with Gasteiger partial charge in [0.2, 0.25) is 15.9 Å². The van der Waals surface area contributed by atoms with Gasteiger partial charge in [-0.15, -0.1) is 0 Å². The highest BCUT2D eigenvalue weighted by Gasteiger charge is 2.26. The van der Waals surface area contributed by atoms with E-state index in [1.807, 2.05) is 30.3 Å². The highest BCUT2D eigenvalue weighted by atomic mass is 32.2. The monoisotopic (exact) mass is 479 g/mol. The van der Waals surface area contributed by atoms with Crippen LogP contribution in [0.1, 0.15) is 18.1 Å². The fraction of sp³-hybridized carbons (Fsp3) is 0.167. The van der Waals surface area contributed by atoms with Gasteiger partial charge < -0.3 is 5.32 Å². The molecule has 1 heterocycles. The van der Waals surface area contributed by atoms with Crippen molar-refractivity contribution in [3.05, 3.63) is 90.3 Å². The number of carbonyl (C=O) groups excluding carboxylic acids is 2. The molecule has 10 heteroatoms. The first kappa shape index (κ1) is 24.7. The van der Waals surface area contributed by atoms with E-state index in [4.69, 9.17) is 0 Å². The number of rotatable bonds is 10. The van der Waals surface area contributed by atoms with Crippen molar-refractivity contribution in [3.8, 4) is 0 Å². The number of hydrazone groups is 1. The molecule has 0 bridgehead atoms. The number of amides is 2. The quantitative estimate of drug-likeness (QED) is 0.342. The molecule has 0 radical (unpaired) electrons. The SMILES string of the molecule is CC(=O)Nc1ccc(S(=O)(=O)N(CCc2ccccc2)CC(=O)NN=Cc2cccnc2)cc1. The molecule has 3 rings (SSSR count). The summed E-state index contributed by atoms with van der Waals surface area (Å²) in [5.41, 5.74) is 4.47. The summed E-state index contributed by atoms with van der Waals surface area (Å²) in [6.45, 7) is 1.05. The molecule has 1 aromatic heterocycles. The zero-order valence-corrected chi connectivity index (χ0v) is 19.4. The number of anilines is 1. The maximum absolute atomic E-state index is 13.3. The average Bonchev–Trinajstić information content (AvgIpc) is 2.83. The third-order valence-corrected chi connectivity index (χ3v) is 6.57. The summed E-state index contributed by atoms with van der Waals surface area (Å²) in [6, 6.07) is 18.7. The number of hydrogen-bond donors (Lipinski definition) is 2. The fourth-order valence-corrected chi connectivity index (χ4v) is 4.47. The second-order valence-electron chi connectivity index (χ2n) is 7.36. The number of pyridine rings is 1. The van der Waals surface area contributed by atoms with Gasteiger partial charge in [0.1, 0.15) is 0 Å². The first-order valence-corrected chi connectivity index (χ1v) is 11.9. The standard InChI is InChI=1S/C24H25N5O4S/c1-19(30)27-22-9-11-23(12-10-22)34(32,33)29(15-13-20-6-3-2-4-7-20)18-24(31)28-26-17-21-8-5-14-25-16-21/h2-12,14,16-17H,13,15,18H2,1H3,(H,27,30)(H,28,31). The second kappa shape index (κ2) is 11.8. The van der Waals surface area contributed by atoms with E-state index < -0.39 is 22.5 Å². The molecule has 0 saturated carbocycles. The van der Waals surface area contributed by atoms with Crippen LogP contribution in [0, 0.1) is 0 Å². The molecular formula is C24H25N5O4S. The van der Waals surface area contributed by atoms with Crippen LogP contribution in [-0.2, 0) is 26.0 Å². The Morgan fingerprint density at radius 3 is 2.41 bits per heavy atom. The molecule has 0 unspecified atom stereocenters. The van der Waals surface area contributed by atoms with Crippen molar-refractivity contribution >= 4 is 33.7 Å². The minimum atomic E-state index is -3.99. The summed E-state index contributed by atoms with van der Waals surface area (Å²) >= 11 is 0. The molecule has 0 aliphatic rings. The lowest BCUT2D eigenvalue weighted by Gasteiger charge is -2.21. The minimum Gasteiger partial charge on any atom is -0.326 e. The van der Waals surface area contributed by atoms with Crippen LogP contribution in [-0.4, -0.2) is 48.8 Å². The van der Waals surface area contributed by atoms with Crippen molar-refractivity contribution in [2.45, 2.75) is 18.2 Å². The largest absolute Gasteiger partial charge is 0.326 e. The Morgan fingerprint density at radius 2 is 1.76 bits per heavy atom. The highest BCUT2D eigenvalue weighted by Crippen LogP contribution is 2.19. The molecule has 176 valence electrons. The van der Waals surface area contributed by atoms with Crippen molar-refractivity contribution in [1.29, 1.82) is 0 Å². The number of benzene rings is 2. The van der Waals surface area contributed by atoms with Gasteiger partial charge in [-0.2, -0.15) is 9.41 Å². The van der Waals surface area contributed by atoms with Gasteiger partial charge in [0, 0.05) is 37.1 Å². The number of hydrogen-bond acceptors (Lipinski definition) is 6. The molecule has 2 aromatic carbocycles. The van der Waals surface area contributed by atoms with Gasteiger partial charge in [-0.3, -0.25) is 14.6 Å². The molecule has 0 atom stereocenters. The normalized spacial score (nSPS) is 11.5. The van der Waals surface area contributed by atoms with Gasteiger partial charge in [-0.25, -0.2) is 13.8 Å². The second-order valence-corrected chi connectivity index (χ2v) is 9.30. The van der Waals surface area contributed by atoms with Crippen LogP contribution in [0.25, 0.3) is 0 Å². The predicted molar refractivity (Wildman–Crippen MR) is 130 cm³/mol. The van der Waals surface area contributed by atoms with Crippen LogP contribution in [0.4, 0.5) is 5.69 Å². The molecule has 34 heavy (non-hydrogen) atoms. The molecule has 2 N–H and O–H groups in total. The lowest BCUT2D eigenvalue weighted by Crippen LogP contribution is -2.40. The molecule has 0 aliphatic heterocycles. The highest BCUT2D eigenvalue weighted by molar-refractivity contribution is 7.89. The lowest BCUT2D eigenvalue weighted by molar-refractivity contribution is -0.121. The number of sulfonamides is 1. The third-order valence-electron chi connectivity index (χ3n) is 4.71. The summed E-state index contributed by atoms with van der Waals surface area (Å²) in [5.74, 6) is -0.838. The summed E-state index contributed by atoms with van der Waals surface area (Å²) < 4.78 is 27.8. The summed E-state index contributed by atoms with van der Waals surface area (Å²) in [7, 11) is -3.99. The zero-order chi connectivity index (χ0) is 24.4. The van der Waals surface area contributed by atoms with E-state index in [1.165, 1.54) is 37.4 Å². The topological polar surface area (TPSA) is 121 Å². The lowest BCUT2D eigenvalue weighted by atomic mass is 10.1. The van der Waals surface area contributed by atoms with Gasteiger partial charge >= 0.3 is 0 Å². The fourth-order valence-electron chi connectivity index (χ4n) is 3.07. The smallest absolute Gasteiger partial charge is 0.255 e. The van der Waals surface area contributed by atoms with Crippen LogP contribution >= 0.6 is 0 Å². The molecule has 0 saturated heterocycles. The summed E-state index contributed by atoms with van der Waals surface area (Å²) in [4.78, 5) is 27.7. The minimum absolute atomic E-state index is 0.0151. The Hall–Kier alpha value is -3.89. The Balaban J connectivity index is 1.75. The van der Waals surface area contributed by atoms with Gasteiger partial charge in [-0.1, -0.05) is 36.4 Å². The van der Waals surface area contributed by atoms with E-state index in [0.29, 0.717) is 17.7 Å². The molecule has 0 spiro atoms. The Labute approximate surface area is 198 Å².